The SMILES string of the molecule is COc1ccc(C(=O)NCc2ccc(OC(C)C)cc2)cc1I. The number of amides is 1. The largest absolute Gasteiger partial charge is 0.496 e. The average Bonchev–Trinajstić information content (AvgIpc) is 2.53. The summed E-state index contributed by atoms with van der Waals surface area (Å²) >= 11 is 2.15. The summed E-state index contributed by atoms with van der Waals surface area (Å²) in [6, 6.07) is 13.1. The van der Waals surface area contributed by atoms with Gasteiger partial charge in [-0.3, -0.25) is 4.79 Å². The summed E-state index contributed by atoms with van der Waals surface area (Å²) in [5, 5.41) is 2.92. The van der Waals surface area contributed by atoms with E-state index in [0.29, 0.717) is 12.1 Å². The molecule has 0 aromatic heterocycles. The Hall–Kier alpha value is -1.76. The number of nitrogens with one attached hydrogen (secondary N) is 1. The minimum Gasteiger partial charge on any atom is -0.496 e. The van der Waals surface area contributed by atoms with Gasteiger partial charge in [0.1, 0.15) is 11.5 Å². The number of benzene rings is 2. The summed E-state index contributed by atoms with van der Waals surface area (Å²) in [5.74, 6) is 1.50. The molecular weight excluding hydrogens is 405 g/mol. The first-order chi connectivity index (χ1) is 11.0. The Morgan fingerprint density at radius 1 is 1.17 bits per heavy atom. The third kappa shape index (κ3) is 5.13. The van der Waals surface area contributed by atoms with Gasteiger partial charge in [0.05, 0.1) is 16.8 Å². The highest BCUT2D eigenvalue weighted by Gasteiger charge is 2.08. The molecule has 0 unspecified atom stereocenters. The lowest BCUT2D eigenvalue weighted by Gasteiger charge is -2.11. The molecule has 5 heteroatoms. The predicted molar refractivity (Wildman–Crippen MR) is 99.1 cm³/mol. The third-order valence-electron chi connectivity index (χ3n) is 3.16. The summed E-state index contributed by atoms with van der Waals surface area (Å²) in [6.45, 7) is 4.46. The van der Waals surface area contributed by atoms with E-state index in [1.54, 1.807) is 19.2 Å². The van der Waals surface area contributed by atoms with Crippen LogP contribution in [0, 0.1) is 3.57 Å². The monoisotopic (exact) mass is 425 g/mol. The molecule has 0 saturated heterocycles. The molecule has 0 spiro atoms. The Kier molecular flexibility index (Phi) is 6.27. The maximum absolute atomic E-state index is 12.2. The molecule has 0 bridgehead atoms. The van der Waals surface area contributed by atoms with Gasteiger partial charge in [-0.2, -0.15) is 0 Å². The number of carbonyl (C=O) groups is 1. The molecule has 0 saturated carbocycles. The van der Waals surface area contributed by atoms with Crippen LogP contribution in [0.1, 0.15) is 29.8 Å². The van der Waals surface area contributed by atoms with Gasteiger partial charge in [0.2, 0.25) is 0 Å². The summed E-state index contributed by atoms with van der Waals surface area (Å²) in [4.78, 5) is 12.2. The Balaban J connectivity index is 1.95. The molecule has 1 amide bonds. The van der Waals surface area contributed by atoms with Crippen LogP contribution >= 0.6 is 22.6 Å². The molecule has 0 radical (unpaired) electrons. The standard InChI is InChI=1S/C18H20INO3/c1-12(2)23-15-7-4-13(5-8-15)11-20-18(21)14-6-9-17(22-3)16(19)10-14/h4-10,12H,11H2,1-3H3,(H,20,21). The van der Waals surface area contributed by atoms with Crippen molar-refractivity contribution in [3.05, 3.63) is 57.2 Å². The van der Waals surface area contributed by atoms with Gasteiger partial charge < -0.3 is 14.8 Å². The quantitative estimate of drug-likeness (QED) is 0.712. The van der Waals surface area contributed by atoms with Crippen LogP contribution < -0.4 is 14.8 Å². The molecule has 23 heavy (non-hydrogen) atoms. The zero-order valence-electron chi connectivity index (χ0n) is 13.4. The van der Waals surface area contributed by atoms with E-state index in [0.717, 1.165) is 20.6 Å². The molecule has 0 aliphatic heterocycles. The lowest BCUT2D eigenvalue weighted by atomic mass is 10.2. The molecular formula is C18H20INO3. The van der Waals surface area contributed by atoms with Crippen molar-refractivity contribution >= 4 is 28.5 Å². The predicted octanol–water partition coefficient (Wildman–Crippen LogP) is 4.02. The Bertz CT molecular complexity index is 668. The maximum atomic E-state index is 12.2. The molecule has 0 aliphatic rings. The van der Waals surface area contributed by atoms with Gasteiger partial charge in [-0.15, -0.1) is 0 Å². The van der Waals surface area contributed by atoms with Crippen molar-refractivity contribution in [3.63, 3.8) is 0 Å². The van der Waals surface area contributed by atoms with Gasteiger partial charge in [-0.25, -0.2) is 0 Å². The Morgan fingerprint density at radius 3 is 2.43 bits per heavy atom. The highest BCUT2D eigenvalue weighted by atomic mass is 127. The molecule has 0 heterocycles. The Morgan fingerprint density at radius 2 is 1.87 bits per heavy atom. The zero-order valence-corrected chi connectivity index (χ0v) is 15.6. The van der Waals surface area contributed by atoms with Crippen LogP contribution in [0.15, 0.2) is 42.5 Å². The van der Waals surface area contributed by atoms with Crippen molar-refractivity contribution in [2.45, 2.75) is 26.5 Å². The van der Waals surface area contributed by atoms with E-state index in [1.165, 1.54) is 0 Å². The van der Waals surface area contributed by atoms with E-state index >= 15 is 0 Å². The second-order valence-corrected chi connectivity index (χ2v) is 6.50. The van der Waals surface area contributed by atoms with Crippen LogP contribution in [-0.4, -0.2) is 19.1 Å². The summed E-state index contributed by atoms with van der Waals surface area (Å²) in [5.41, 5.74) is 1.65. The number of methoxy groups -OCH3 is 1. The van der Waals surface area contributed by atoms with Gasteiger partial charge in [-0.1, -0.05) is 12.1 Å². The van der Waals surface area contributed by atoms with Gasteiger partial charge in [0.25, 0.3) is 5.91 Å². The molecule has 2 aromatic carbocycles. The minimum atomic E-state index is -0.104. The van der Waals surface area contributed by atoms with E-state index in [9.17, 15) is 4.79 Å². The molecule has 0 atom stereocenters. The molecule has 1 N–H and O–H groups in total. The first kappa shape index (κ1) is 17.6. The summed E-state index contributed by atoms with van der Waals surface area (Å²) in [7, 11) is 1.61. The van der Waals surface area contributed by atoms with Crippen LogP contribution in [-0.2, 0) is 6.54 Å². The maximum Gasteiger partial charge on any atom is 0.251 e. The number of hydrogen-bond acceptors (Lipinski definition) is 3. The highest BCUT2D eigenvalue weighted by Crippen LogP contribution is 2.21. The van der Waals surface area contributed by atoms with E-state index in [4.69, 9.17) is 9.47 Å². The number of halogens is 1. The van der Waals surface area contributed by atoms with Crippen molar-refractivity contribution in [2.24, 2.45) is 0 Å². The molecule has 0 fully saturated rings. The van der Waals surface area contributed by atoms with Crippen molar-refractivity contribution in [3.8, 4) is 11.5 Å². The molecule has 0 aliphatic carbocycles. The number of carbonyl (C=O) groups excluding carboxylic acids is 1. The number of rotatable bonds is 6. The van der Waals surface area contributed by atoms with Crippen LogP contribution in [0.4, 0.5) is 0 Å². The number of ether oxygens (including phenoxy) is 2. The normalized spacial score (nSPS) is 10.5. The van der Waals surface area contributed by atoms with Crippen molar-refractivity contribution in [1.29, 1.82) is 0 Å². The molecule has 122 valence electrons. The van der Waals surface area contributed by atoms with E-state index in [2.05, 4.69) is 27.9 Å². The fraction of sp³-hybridized carbons (Fsp3) is 0.278. The molecule has 2 rings (SSSR count). The second-order valence-electron chi connectivity index (χ2n) is 5.34. The first-order valence-electron chi connectivity index (χ1n) is 7.37. The van der Waals surface area contributed by atoms with Gasteiger partial charge in [0.15, 0.2) is 0 Å². The summed E-state index contributed by atoms with van der Waals surface area (Å²) in [6.07, 6.45) is 0.151. The van der Waals surface area contributed by atoms with Crippen molar-refractivity contribution in [2.75, 3.05) is 7.11 Å². The first-order valence-corrected chi connectivity index (χ1v) is 8.45. The zero-order chi connectivity index (χ0) is 16.8. The van der Waals surface area contributed by atoms with Crippen LogP contribution in [0.5, 0.6) is 11.5 Å². The van der Waals surface area contributed by atoms with Gasteiger partial charge >= 0.3 is 0 Å². The fourth-order valence-electron chi connectivity index (χ4n) is 2.05. The van der Waals surface area contributed by atoms with Crippen molar-refractivity contribution in [1.82, 2.24) is 5.32 Å². The van der Waals surface area contributed by atoms with Crippen LogP contribution in [0.2, 0.25) is 0 Å². The lowest BCUT2D eigenvalue weighted by molar-refractivity contribution is 0.0951. The Labute approximate surface area is 150 Å². The van der Waals surface area contributed by atoms with Crippen LogP contribution in [0.3, 0.4) is 0 Å². The average molecular weight is 425 g/mol. The highest BCUT2D eigenvalue weighted by molar-refractivity contribution is 14.1. The second kappa shape index (κ2) is 8.19. The molecule has 4 nitrogen and oxygen atoms in total. The van der Waals surface area contributed by atoms with Gasteiger partial charge in [-0.05, 0) is 72.3 Å². The van der Waals surface area contributed by atoms with Crippen LogP contribution in [0.25, 0.3) is 0 Å². The van der Waals surface area contributed by atoms with Crippen molar-refractivity contribution < 1.29 is 14.3 Å². The summed E-state index contributed by atoms with van der Waals surface area (Å²) < 4.78 is 11.7. The van der Waals surface area contributed by atoms with Gasteiger partial charge in [0, 0.05) is 12.1 Å². The van der Waals surface area contributed by atoms with E-state index < -0.39 is 0 Å². The smallest absolute Gasteiger partial charge is 0.251 e. The fourth-order valence-corrected chi connectivity index (χ4v) is 2.79. The molecule has 2 aromatic rings. The third-order valence-corrected chi connectivity index (χ3v) is 4.01. The number of hydrogen-bond donors (Lipinski definition) is 1. The van der Waals surface area contributed by atoms with E-state index in [1.807, 2.05) is 44.2 Å². The topological polar surface area (TPSA) is 47.6 Å². The lowest BCUT2D eigenvalue weighted by Crippen LogP contribution is -2.22. The van der Waals surface area contributed by atoms with E-state index in [-0.39, 0.29) is 12.0 Å². The minimum absolute atomic E-state index is 0.104.